The predicted molar refractivity (Wildman–Crippen MR) is 46.7 cm³/mol. The monoisotopic (exact) mass is 182 g/mol. The highest BCUT2D eigenvalue weighted by molar-refractivity contribution is 5.44. The Labute approximate surface area is 76.0 Å². The summed E-state index contributed by atoms with van der Waals surface area (Å²) >= 11 is 0. The Balaban J connectivity index is 2.53. The predicted octanol–water partition coefficient (Wildman–Crippen LogP) is 2.36. The number of aromatic hydroxyl groups is 1. The van der Waals surface area contributed by atoms with Gasteiger partial charge in [-0.15, -0.1) is 0 Å². The zero-order valence-corrected chi connectivity index (χ0v) is 7.38. The Kier molecular flexibility index (Phi) is 1.68. The number of phenols is 1. The highest BCUT2D eigenvalue weighted by Gasteiger charge is 2.32. The molecule has 13 heavy (non-hydrogen) atoms. The van der Waals surface area contributed by atoms with Gasteiger partial charge in [0.15, 0.2) is 0 Å². The maximum atomic E-state index is 13.8. The van der Waals surface area contributed by atoms with E-state index >= 15 is 0 Å². The molecule has 0 spiro atoms. The molecule has 0 amide bonds. The lowest BCUT2D eigenvalue weighted by Crippen LogP contribution is -2.25. The van der Waals surface area contributed by atoms with Crippen LogP contribution in [0.25, 0.3) is 0 Å². The van der Waals surface area contributed by atoms with Crippen molar-refractivity contribution in [1.29, 1.82) is 0 Å². The maximum Gasteiger partial charge on any atom is 0.140 e. The molecule has 3 heteroatoms. The van der Waals surface area contributed by atoms with Crippen LogP contribution in [0.1, 0.15) is 18.9 Å². The van der Waals surface area contributed by atoms with Gasteiger partial charge in [-0.05, 0) is 19.1 Å². The number of ether oxygens (including phenoxy) is 1. The van der Waals surface area contributed by atoms with Crippen LogP contribution >= 0.6 is 0 Å². The molecular formula is C10H11FO2. The molecule has 1 aromatic carbocycles. The number of hydrogen-bond donors (Lipinski definition) is 1. The molecule has 0 aliphatic carbocycles. The van der Waals surface area contributed by atoms with E-state index in [0.717, 1.165) is 0 Å². The van der Waals surface area contributed by atoms with Gasteiger partial charge < -0.3 is 9.84 Å². The topological polar surface area (TPSA) is 29.5 Å². The lowest BCUT2D eigenvalue weighted by molar-refractivity contribution is 0.110. The van der Waals surface area contributed by atoms with Crippen LogP contribution in [0.15, 0.2) is 18.2 Å². The Bertz CT molecular complexity index is 334. The quantitative estimate of drug-likeness (QED) is 0.667. The molecule has 1 aromatic rings. The molecule has 2 rings (SSSR count). The van der Waals surface area contributed by atoms with E-state index in [4.69, 9.17) is 9.84 Å². The zero-order valence-electron chi connectivity index (χ0n) is 7.38. The van der Waals surface area contributed by atoms with Gasteiger partial charge in [-0.2, -0.15) is 0 Å². The second kappa shape index (κ2) is 2.62. The molecule has 0 fully saturated rings. The van der Waals surface area contributed by atoms with Gasteiger partial charge in [-0.25, -0.2) is 4.39 Å². The fourth-order valence-electron chi connectivity index (χ4n) is 1.55. The first kappa shape index (κ1) is 8.35. The molecule has 70 valence electrons. The van der Waals surface area contributed by atoms with Gasteiger partial charge >= 0.3 is 0 Å². The van der Waals surface area contributed by atoms with Gasteiger partial charge in [-0.3, -0.25) is 0 Å². The lowest BCUT2D eigenvalue weighted by Gasteiger charge is -2.28. The molecule has 1 aliphatic heterocycles. The summed E-state index contributed by atoms with van der Waals surface area (Å²) in [6, 6.07) is 4.50. The van der Waals surface area contributed by atoms with Crippen molar-refractivity contribution in [2.75, 3.05) is 6.61 Å². The number of benzene rings is 1. The minimum atomic E-state index is -1.33. The van der Waals surface area contributed by atoms with Crippen LogP contribution in [0.2, 0.25) is 0 Å². The second-order valence-electron chi connectivity index (χ2n) is 3.48. The summed E-state index contributed by atoms with van der Waals surface area (Å²) < 4.78 is 19.1. The van der Waals surface area contributed by atoms with Crippen LogP contribution in [0.3, 0.4) is 0 Å². The van der Waals surface area contributed by atoms with Crippen LogP contribution in [0.4, 0.5) is 4.39 Å². The number of halogens is 1. The van der Waals surface area contributed by atoms with Crippen LogP contribution in [0.5, 0.6) is 11.5 Å². The summed E-state index contributed by atoms with van der Waals surface area (Å²) in [5.74, 6) is 0.563. The fraction of sp³-hybridized carbons (Fsp3) is 0.400. The summed E-state index contributed by atoms with van der Waals surface area (Å²) in [7, 11) is 0. The summed E-state index contributed by atoms with van der Waals surface area (Å²) in [6.07, 6.45) is 0.366. The molecule has 0 bridgehead atoms. The van der Waals surface area contributed by atoms with Gasteiger partial charge in [0.05, 0.1) is 6.61 Å². The SMILES string of the molecule is CC1(F)CCOc2cc(O)ccc21. The van der Waals surface area contributed by atoms with Crippen LogP contribution in [-0.4, -0.2) is 11.7 Å². The summed E-state index contributed by atoms with van der Waals surface area (Å²) in [5.41, 5.74) is -0.807. The van der Waals surface area contributed by atoms with Crippen LogP contribution < -0.4 is 4.74 Å². The van der Waals surface area contributed by atoms with E-state index in [0.29, 0.717) is 24.3 Å². The van der Waals surface area contributed by atoms with E-state index in [1.54, 1.807) is 6.07 Å². The molecule has 0 aromatic heterocycles. The van der Waals surface area contributed by atoms with Gasteiger partial charge in [-0.1, -0.05) is 0 Å². The van der Waals surface area contributed by atoms with E-state index in [-0.39, 0.29) is 5.75 Å². The standard InChI is InChI=1S/C10H11FO2/c1-10(11)4-5-13-9-6-7(12)2-3-8(9)10/h2-3,6,12H,4-5H2,1H3. The zero-order chi connectivity index (χ0) is 9.47. The second-order valence-corrected chi connectivity index (χ2v) is 3.48. The van der Waals surface area contributed by atoms with Crippen molar-refractivity contribution in [3.05, 3.63) is 23.8 Å². The van der Waals surface area contributed by atoms with Crippen molar-refractivity contribution in [3.63, 3.8) is 0 Å². The van der Waals surface area contributed by atoms with E-state index < -0.39 is 5.67 Å². The van der Waals surface area contributed by atoms with Gasteiger partial charge in [0.25, 0.3) is 0 Å². The Morgan fingerprint density at radius 3 is 3.08 bits per heavy atom. The number of rotatable bonds is 0. The molecule has 1 N–H and O–H groups in total. The molecular weight excluding hydrogens is 171 g/mol. The van der Waals surface area contributed by atoms with Crippen molar-refractivity contribution in [2.24, 2.45) is 0 Å². The summed E-state index contributed by atoms with van der Waals surface area (Å²) in [5, 5.41) is 9.16. The number of fused-ring (bicyclic) bond motifs is 1. The van der Waals surface area contributed by atoms with E-state index in [1.165, 1.54) is 19.1 Å². The third kappa shape index (κ3) is 1.34. The van der Waals surface area contributed by atoms with Crippen molar-refractivity contribution in [3.8, 4) is 11.5 Å². The van der Waals surface area contributed by atoms with Crippen LogP contribution in [-0.2, 0) is 5.67 Å². The normalized spacial score (nSPS) is 26.3. The first-order valence-corrected chi connectivity index (χ1v) is 4.25. The highest BCUT2D eigenvalue weighted by Crippen LogP contribution is 2.40. The molecule has 1 aliphatic rings. The Morgan fingerprint density at radius 1 is 1.54 bits per heavy atom. The van der Waals surface area contributed by atoms with Crippen molar-refractivity contribution in [1.82, 2.24) is 0 Å². The molecule has 0 saturated carbocycles. The smallest absolute Gasteiger partial charge is 0.140 e. The largest absolute Gasteiger partial charge is 0.508 e. The van der Waals surface area contributed by atoms with E-state index in [9.17, 15) is 4.39 Å². The minimum absolute atomic E-state index is 0.108. The third-order valence-electron chi connectivity index (χ3n) is 2.36. The summed E-state index contributed by atoms with van der Waals surface area (Å²) in [4.78, 5) is 0. The summed E-state index contributed by atoms with van der Waals surface area (Å²) in [6.45, 7) is 1.90. The minimum Gasteiger partial charge on any atom is -0.508 e. The number of alkyl halides is 1. The number of phenolic OH excluding ortho intramolecular Hbond substituents is 1. The molecule has 1 unspecified atom stereocenters. The van der Waals surface area contributed by atoms with Crippen molar-refractivity contribution >= 4 is 0 Å². The van der Waals surface area contributed by atoms with E-state index in [1.807, 2.05) is 0 Å². The van der Waals surface area contributed by atoms with Crippen LogP contribution in [0, 0.1) is 0 Å². The van der Waals surface area contributed by atoms with Crippen molar-refractivity contribution in [2.45, 2.75) is 19.0 Å². The third-order valence-corrected chi connectivity index (χ3v) is 2.36. The first-order valence-electron chi connectivity index (χ1n) is 4.25. The Morgan fingerprint density at radius 2 is 2.31 bits per heavy atom. The highest BCUT2D eigenvalue weighted by atomic mass is 19.1. The average molecular weight is 182 g/mol. The average Bonchev–Trinajstić information content (AvgIpc) is 2.02. The Hall–Kier alpha value is -1.25. The molecule has 0 saturated heterocycles. The van der Waals surface area contributed by atoms with Gasteiger partial charge in [0.1, 0.15) is 17.2 Å². The molecule has 2 nitrogen and oxygen atoms in total. The van der Waals surface area contributed by atoms with Crippen molar-refractivity contribution < 1.29 is 14.2 Å². The number of hydrogen-bond acceptors (Lipinski definition) is 2. The fourth-order valence-corrected chi connectivity index (χ4v) is 1.55. The molecule has 1 heterocycles. The molecule has 1 atom stereocenters. The van der Waals surface area contributed by atoms with Gasteiger partial charge in [0, 0.05) is 18.1 Å². The molecule has 0 radical (unpaired) electrons. The lowest BCUT2D eigenvalue weighted by atomic mass is 9.92. The maximum absolute atomic E-state index is 13.8. The first-order chi connectivity index (χ1) is 6.09. The van der Waals surface area contributed by atoms with E-state index in [2.05, 4.69) is 0 Å². The van der Waals surface area contributed by atoms with Gasteiger partial charge in [0.2, 0.25) is 0 Å².